The highest BCUT2D eigenvalue weighted by molar-refractivity contribution is 7.88. The summed E-state index contributed by atoms with van der Waals surface area (Å²) in [7, 11) is -3.84. The van der Waals surface area contributed by atoms with Gasteiger partial charge < -0.3 is 14.5 Å². The molecule has 17 heteroatoms. The van der Waals surface area contributed by atoms with Crippen LogP contribution in [0.15, 0.2) is 28.8 Å². The average Bonchev–Trinajstić information content (AvgIpc) is 3.37. The molecule has 2 aliphatic rings. The van der Waals surface area contributed by atoms with E-state index in [0.29, 0.717) is 6.42 Å². The second-order valence-electron chi connectivity index (χ2n) is 11.7. The highest BCUT2D eigenvalue weighted by Gasteiger charge is 2.45. The van der Waals surface area contributed by atoms with E-state index in [1.165, 1.54) is 6.20 Å². The number of oxazole rings is 1. The standard InChI is InChI=1S/C28H33Cl2N5O9S/c1-28(2,3)44-22(37)13-18(24(38)26-31-14-20(43-26)23-15(29)7-5-8-16(23)30)32-25(39)19-9-6-12-34-21(36)11-10-17(27(40)35(19)34)33-45(4,41)42/h5,7-8,14,17-19,33H,6,9-13H2,1-4H3,(H,32,39)/t17-,18-,19-/m0/s1. The SMILES string of the molecule is CC(C)(C)OC(=O)C[C@H](NC(=O)[C@@H]1CCCN2C(=O)CC[C@H](NS(C)(=O)=O)C(=O)N12)C(=O)c1ncc(-c2c(Cl)cccc2Cl)o1. The summed E-state index contributed by atoms with van der Waals surface area (Å²) >= 11 is 12.5. The Morgan fingerprint density at radius 3 is 2.44 bits per heavy atom. The van der Waals surface area contributed by atoms with Crippen molar-refractivity contribution in [3.05, 3.63) is 40.3 Å². The van der Waals surface area contributed by atoms with Crippen molar-refractivity contribution in [3.63, 3.8) is 0 Å². The van der Waals surface area contributed by atoms with Crippen molar-refractivity contribution in [2.24, 2.45) is 0 Å². The molecule has 2 aromatic rings. The van der Waals surface area contributed by atoms with E-state index < -0.39 is 75.5 Å². The first-order valence-corrected chi connectivity index (χ1v) is 16.7. The number of nitrogens with zero attached hydrogens (tertiary/aromatic N) is 3. The zero-order valence-corrected chi connectivity index (χ0v) is 27.3. The number of aromatic nitrogens is 1. The lowest BCUT2D eigenvalue weighted by molar-refractivity contribution is -0.176. The van der Waals surface area contributed by atoms with E-state index in [4.69, 9.17) is 32.4 Å². The van der Waals surface area contributed by atoms with E-state index in [2.05, 4.69) is 15.0 Å². The summed E-state index contributed by atoms with van der Waals surface area (Å²) < 4.78 is 37.1. The molecule has 4 rings (SSSR count). The van der Waals surface area contributed by atoms with Gasteiger partial charge in [-0.3, -0.25) is 29.0 Å². The van der Waals surface area contributed by atoms with Crippen LogP contribution in [0.3, 0.4) is 0 Å². The molecule has 1 aromatic heterocycles. The smallest absolute Gasteiger partial charge is 0.308 e. The van der Waals surface area contributed by atoms with Crippen LogP contribution in [-0.2, 0) is 33.9 Å². The van der Waals surface area contributed by atoms with E-state index in [0.717, 1.165) is 16.3 Å². The number of hydrogen-bond donors (Lipinski definition) is 2. The fourth-order valence-electron chi connectivity index (χ4n) is 5.05. The highest BCUT2D eigenvalue weighted by Crippen LogP contribution is 2.35. The van der Waals surface area contributed by atoms with Crippen LogP contribution in [0.5, 0.6) is 0 Å². The zero-order valence-electron chi connectivity index (χ0n) is 25.0. The number of benzene rings is 1. The van der Waals surface area contributed by atoms with Crippen molar-refractivity contribution >= 4 is 62.7 Å². The van der Waals surface area contributed by atoms with Gasteiger partial charge in [-0.05, 0) is 52.2 Å². The van der Waals surface area contributed by atoms with Gasteiger partial charge in [0.15, 0.2) is 5.76 Å². The predicted molar refractivity (Wildman–Crippen MR) is 161 cm³/mol. The monoisotopic (exact) mass is 685 g/mol. The van der Waals surface area contributed by atoms with Crippen LogP contribution in [0.2, 0.25) is 10.0 Å². The minimum Gasteiger partial charge on any atom is -0.460 e. The molecule has 3 atom stereocenters. The summed E-state index contributed by atoms with van der Waals surface area (Å²) in [6.07, 6.45) is 1.68. The molecule has 3 amide bonds. The lowest BCUT2D eigenvalue weighted by atomic mass is 10.0. The van der Waals surface area contributed by atoms with Gasteiger partial charge in [0, 0.05) is 13.0 Å². The molecule has 1 aromatic carbocycles. The third-order valence-electron chi connectivity index (χ3n) is 6.87. The number of nitrogens with one attached hydrogen (secondary N) is 2. The number of sulfonamides is 1. The third-order valence-corrected chi connectivity index (χ3v) is 8.21. The van der Waals surface area contributed by atoms with E-state index >= 15 is 0 Å². The Balaban J connectivity index is 1.64. The molecule has 2 fully saturated rings. The van der Waals surface area contributed by atoms with E-state index in [1.54, 1.807) is 39.0 Å². The first-order chi connectivity index (χ1) is 20.9. The minimum atomic E-state index is -3.84. The normalized spacial score (nSPS) is 19.9. The Labute approximate surface area is 269 Å². The van der Waals surface area contributed by atoms with Gasteiger partial charge in [0.1, 0.15) is 23.7 Å². The number of ketones is 1. The Bertz CT molecular complexity index is 1600. The fourth-order valence-corrected chi connectivity index (χ4v) is 6.37. The summed E-state index contributed by atoms with van der Waals surface area (Å²) in [5, 5.41) is 5.05. The Hall–Kier alpha value is -3.53. The topological polar surface area (TPSA) is 185 Å². The fraction of sp³-hybridized carbons (Fsp3) is 0.500. The summed E-state index contributed by atoms with van der Waals surface area (Å²) in [5.41, 5.74) is -0.625. The number of Topliss-reactive ketones (excluding diaryl/α,β-unsaturated/α-hetero) is 1. The molecular formula is C28H33Cl2N5O9S. The molecule has 3 heterocycles. The highest BCUT2D eigenvalue weighted by atomic mass is 35.5. The molecule has 0 unspecified atom stereocenters. The molecule has 0 saturated carbocycles. The molecule has 244 valence electrons. The number of rotatable bonds is 9. The lowest BCUT2D eigenvalue weighted by Gasteiger charge is -2.43. The van der Waals surface area contributed by atoms with Gasteiger partial charge >= 0.3 is 5.97 Å². The van der Waals surface area contributed by atoms with Gasteiger partial charge in [0.25, 0.3) is 11.8 Å². The number of amides is 3. The molecule has 2 aliphatic heterocycles. The minimum absolute atomic E-state index is 0.0670. The number of hydrogen-bond acceptors (Lipinski definition) is 10. The summed E-state index contributed by atoms with van der Waals surface area (Å²) in [5.74, 6) is -4.21. The molecule has 2 saturated heterocycles. The maximum Gasteiger partial charge on any atom is 0.308 e. The van der Waals surface area contributed by atoms with Crippen LogP contribution in [-0.4, -0.2) is 89.4 Å². The van der Waals surface area contributed by atoms with Crippen LogP contribution in [0.25, 0.3) is 11.3 Å². The van der Waals surface area contributed by atoms with Crippen LogP contribution >= 0.6 is 23.2 Å². The lowest BCUT2D eigenvalue weighted by Crippen LogP contribution is -2.64. The Morgan fingerprint density at radius 1 is 1.16 bits per heavy atom. The van der Waals surface area contributed by atoms with Gasteiger partial charge in [0.2, 0.25) is 27.6 Å². The molecule has 0 aliphatic carbocycles. The maximum atomic E-state index is 13.8. The number of hydrazine groups is 1. The average molecular weight is 687 g/mol. The quantitative estimate of drug-likeness (QED) is 0.293. The van der Waals surface area contributed by atoms with Crippen LogP contribution in [0, 0.1) is 0 Å². The van der Waals surface area contributed by atoms with E-state index in [1.807, 2.05) is 0 Å². The van der Waals surface area contributed by atoms with Crippen LogP contribution in [0.4, 0.5) is 0 Å². The largest absolute Gasteiger partial charge is 0.460 e. The molecule has 0 bridgehead atoms. The van der Waals surface area contributed by atoms with Crippen molar-refractivity contribution in [2.75, 3.05) is 12.8 Å². The second kappa shape index (κ2) is 13.4. The van der Waals surface area contributed by atoms with Gasteiger partial charge in [-0.2, -0.15) is 0 Å². The molecular weight excluding hydrogens is 653 g/mol. The second-order valence-corrected chi connectivity index (χ2v) is 14.3. The molecule has 2 N–H and O–H groups in total. The first-order valence-electron chi connectivity index (χ1n) is 14.0. The summed E-state index contributed by atoms with van der Waals surface area (Å²) in [6, 6.07) is 0.612. The van der Waals surface area contributed by atoms with Crippen LogP contribution in [0.1, 0.15) is 63.6 Å². The summed E-state index contributed by atoms with van der Waals surface area (Å²) in [4.78, 5) is 70.7. The molecule has 0 radical (unpaired) electrons. The summed E-state index contributed by atoms with van der Waals surface area (Å²) in [6.45, 7) is 5.03. The van der Waals surface area contributed by atoms with Gasteiger partial charge in [0.05, 0.1) is 34.5 Å². The number of halogens is 2. The van der Waals surface area contributed by atoms with Crippen molar-refractivity contribution in [1.29, 1.82) is 0 Å². The van der Waals surface area contributed by atoms with E-state index in [9.17, 15) is 32.4 Å². The van der Waals surface area contributed by atoms with Crippen molar-refractivity contribution < 1.29 is 41.5 Å². The van der Waals surface area contributed by atoms with Crippen molar-refractivity contribution in [2.45, 2.75) is 76.6 Å². The number of fused-ring (bicyclic) bond motifs is 1. The Morgan fingerprint density at radius 2 is 1.82 bits per heavy atom. The van der Waals surface area contributed by atoms with Crippen LogP contribution < -0.4 is 10.0 Å². The molecule has 14 nitrogen and oxygen atoms in total. The third kappa shape index (κ3) is 8.39. The van der Waals surface area contributed by atoms with E-state index in [-0.39, 0.29) is 47.2 Å². The van der Waals surface area contributed by atoms with Gasteiger partial charge in [-0.25, -0.2) is 23.1 Å². The van der Waals surface area contributed by atoms with Crippen molar-refractivity contribution in [1.82, 2.24) is 25.0 Å². The number of carbonyl (C=O) groups is 5. The number of ether oxygens (including phenoxy) is 1. The first kappa shape index (κ1) is 34.3. The van der Waals surface area contributed by atoms with Gasteiger partial charge in [-0.1, -0.05) is 29.3 Å². The maximum absolute atomic E-state index is 13.8. The van der Waals surface area contributed by atoms with Crippen molar-refractivity contribution in [3.8, 4) is 11.3 Å². The predicted octanol–water partition coefficient (Wildman–Crippen LogP) is 2.49. The zero-order chi connectivity index (χ0) is 33.3. The Kier molecular flexibility index (Phi) is 10.3. The number of carbonyl (C=O) groups excluding carboxylic acids is 5. The molecule has 45 heavy (non-hydrogen) atoms. The number of esters is 1. The van der Waals surface area contributed by atoms with Gasteiger partial charge in [-0.15, -0.1) is 0 Å². The molecule has 0 spiro atoms.